The second kappa shape index (κ2) is 4.42. The number of hydrogen-bond acceptors (Lipinski definition) is 4. The van der Waals surface area contributed by atoms with Gasteiger partial charge < -0.3 is 0 Å². The maximum atomic E-state index is 10.8. The lowest BCUT2D eigenvalue weighted by Crippen LogP contribution is -1.95. The molecular weight excluding hydrogens is 150 g/mol. The summed E-state index contributed by atoms with van der Waals surface area (Å²) in [6.07, 6.45) is 0.754. The van der Waals surface area contributed by atoms with Crippen molar-refractivity contribution in [2.24, 2.45) is 0 Å². The average molecular weight is 152 g/mol. The Morgan fingerprint density at radius 3 is 1.50 bits per heavy atom. The van der Waals surface area contributed by atoms with Crippen molar-refractivity contribution >= 4 is 11.9 Å². The number of hydrogen-bond donors (Lipinski definition) is 0. The molecule has 0 atom stereocenters. The second-order valence-electron chi connectivity index (χ2n) is 1.13. The third-order valence-corrected chi connectivity index (χ3v) is 0.508. The zero-order valence-corrected chi connectivity index (χ0v) is 4.54. The highest BCUT2D eigenvalue weighted by molar-refractivity contribution is 5.91. The molecule has 0 aliphatic heterocycles. The summed E-state index contributed by atoms with van der Waals surface area (Å²) in [6.45, 7) is 0. The zero-order chi connectivity index (χ0) is 7.98. The number of carbonyl (C=O) groups excluding carboxylic acids is 2. The summed E-state index contributed by atoms with van der Waals surface area (Å²) in [4.78, 5) is 24.8. The molecule has 0 radical (unpaired) electrons. The molecule has 56 valence electrons. The van der Waals surface area contributed by atoms with Crippen LogP contribution in [0.2, 0.25) is 0 Å². The average Bonchev–Trinajstić information content (AvgIpc) is 1.99. The molecule has 0 rings (SSSR count). The Balaban J connectivity index is 3.75. The first-order valence-electron chi connectivity index (χ1n) is 2.04. The maximum Gasteiger partial charge on any atom is 0.372 e. The normalized spacial score (nSPS) is 9.40. The summed E-state index contributed by atoms with van der Waals surface area (Å²) >= 11 is 0. The lowest BCUT2D eigenvalue weighted by atomic mass is 10.5. The molecule has 0 heterocycles. The van der Waals surface area contributed by atoms with Gasteiger partial charge in [0.15, 0.2) is 0 Å². The smallest absolute Gasteiger partial charge is 0.250 e. The molecule has 0 N–H and O–H groups in total. The van der Waals surface area contributed by atoms with E-state index in [1.165, 1.54) is 0 Å². The molecule has 0 aliphatic rings. The Kier molecular flexibility index (Phi) is 3.78. The van der Waals surface area contributed by atoms with Gasteiger partial charge in [0.05, 0.1) is 0 Å². The fourth-order valence-electron chi connectivity index (χ4n) is 0.188. The van der Waals surface area contributed by atoms with Crippen molar-refractivity contribution in [1.29, 1.82) is 0 Å². The number of halogens is 2. The Hall–Kier alpha value is -1.46. The summed E-state index contributed by atoms with van der Waals surface area (Å²) < 4.78 is 21.6. The first-order valence-corrected chi connectivity index (χ1v) is 2.04. The SMILES string of the molecule is O=C(/C=C/C(=O)OF)OF. The van der Waals surface area contributed by atoms with Crippen molar-refractivity contribution in [2.45, 2.75) is 0 Å². The summed E-state index contributed by atoms with van der Waals surface area (Å²) in [5.41, 5.74) is 0. The van der Waals surface area contributed by atoms with Gasteiger partial charge in [-0.3, -0.25) is 9.88 Å². The molecule has 0 aliphatic carbocycles. The van der Waals surface area contributed by atoms with Gasteiger partial charge in [-0.05, 0) is 0 Å². The molecule has 0 saturated heterocycles. The van der Waals surface area contributed by atoms with Crippen LogP contribution in [0.1, 0.15) is 0 Å². The van der Waals surface area contributed by atoms with Crippen molar-refractivity contribution < 1.29 is 28.5 Å². The summed E-state index contributed by atoms with van der Waals surface area (Å²) in [7, 11) is 0. The fraction of sp³-hybridized carbons (Fsp3) is 0. The van der Waals surface area contributed by atoms with Gasteiger partial charge in [-0.1, -0.05) is 0 Å². The van der Waals surface area contributed by atoms with E-state index in [2.05, 4.69) is 9.88 Å². The van der Waals surface area contributed by atoms with Crippen molar-refractivity contribution in [2.75, 3.05) is 0 Å². The largest absolute Gasteiger partial charge is 0.372 e. The molecule has 0 spiro atoms. The standard InChI is InChI=1S/C4H2F2O4/c5-9-3(7)1-2-4(8)10-6/h1-2H/b2-1+. The molecule has 10 heavy (non-hydrogen) atoms. The molecule has 0 bridgehead atoms. The minimum absolute atomic E-state index is 0.377. The van der Waals surface area contributed by atoms with Crippen LogP contribution >= 0.6 is 0 Å². The molecule has 0 unspecified atom stereocenters. The van der Waals surface area contributed by atoms with Gasteiger partial charge in [0, 0.05) is 21.2 Å². The van der Waals surface area contributed by atoms with E-state index in [-0.39, 0.29) is 0 Å². The van der Waals surface area contributed by atoms with Crippen LogP contribution in [-0.2, 0) is 19.5 Å². The van der Waals surface area contributed by atoms with E-state index in [1.54, 1.807) is 0 Å². The van der Waals surface area contributed by atoms with E-state index in [1.807, 2.05) is 0 Å². The highest BCUT2D eigenvalue weighted by Crippen LogP contribution is 1.84. The van der Waals surface area contributed by atoms with Crippen molar-refractivity contribution in [3.05, 3.63) is 12.2 Å². The summed E-state index contributed by atoms with van der Waals surface area (Å²) in [5.74, 6) is -2.82. The predicted octanol–water partition coefficient (Wildman–Crippen LogP) is 0.398. The molecule has 0 aromatic heterocycles. The van der Waals surface area contributed by atoms with Crippen LogP contribution in [0.5, 0.6) is 0 Å². The van der Waals surface area contributed by atoms with Gasteiger partial charge in [-0.2, -0.15) is 0 Å². The molecular formula is C4H2F2O4. The topological polar surface area (TPSA) is 52.6 Å². The molecule has 0 fully saturated rings. The van der Waals surface area contributed by atoms with E-state index >= 15 is 0 Å². The van der Waals surface area contributed by atoms with Gasteiger partial charge in [-0.25, -0.2) is 9.59 Å². The van der Waals surface area contributed by atoms with Crippen molar-refractivity contribution in [1.82, 2.24) is 0 Å². The molecule has 4 nitrogen and oxygen atoms in total. The van der Waals surface area contributed by atoms with Crippen molar-refractivity contribution in [3.8, 4) is 0 Å². The van der Waals surface area contributed by atoms with Crippen LogP contribution < -0.4 is 0 Å². The van der Waals surface area contributed by atoms with E-state index in [0.29, 0.717) is 12.2 Å². The van der Waals surface area contributed by atoms with Gasteiger partial charge >= 0.3 is 11.9 Å². The monoisotopic (exact) mass is 152 g/mol. The lowest BCUT2D eigenvalue weighted by molar-refractivity contribution is -0.179. The van der Waals surface area contributed by atoms with E-state index in [0.717, 1.165) is 0 Å². The third-order valence-electron chi connectivity index (χ3n) is 0.508. The fourth-order valence-corrected chi connectivity index (χ4v) is 0.188. The Labute approximate surface area is 53.8 Å². The van der Waals surface area contributed by atoms with Crippen molar-refractivity contribution in [3.63, 3.8) is 0 Å². The Morgan fingerprint density at radius 1 is 1.00 bits per heavy atom. The molecule has 0 aromatic carbocycles. The number of rotatable bonds is 2. The number of carbonyl (C=O) groups is 2. The minimum atomic E-state index is -1.41. The van der Waals surface area contributed by atoms with Crippen LogP contribution in [0.3, 0.4) is 0 Å². The van der Waals surface area contributed by atoms with E-state index in [9.17, 15) is 18.6 Å². The zero-order valence-electron chi connectivity index (χ0n) is 4.54. The molecule has 6 heteroatoms. The molecule has 0 saturated carbocycles. The van der Waals surface area contributed by atoms with Crippen LogP contribution in [0.4, 0.5) is 9.05 Å². The van der Waals surface area contributed by atoms with Gasteiger partial charge in [-0.15, -0.1) is 0 Å². The molecule has 0 aromatic rings. The first kappa shape index (κ1) is 8.54. The van der Waals surface area contributed by atoms with Gasteiger partial charge in [0.1, 0.15) is 0 Å². The van der Waals surface area contributed by atoms with Gasteiger partial charge in [0.25, 0.3) is 0 Å². The highest BCUT2D eigenvalue weighted by Gasteiger charge is 1.99. The Morgan fingerprint density at radius 2 is 1.30 bits per heavy atom. The van der Waals surface area contributed by atoms with E-state index in [4.69, 9.17) is 0 Å². The Bertz CT molecular complexity index is 147. The lowest BCUT2D eigenvalue weighted by Gasteiger charge is -1.81. The first-order chi connectivity index (χ1) is 4.70. The molecule has 0 amide bonds. The van der Waals surface area contributed by atoms with Crippen LogP contribution in [0.25, 0.3) is 0 Å². The summed E-state index contributed by atoms with van der Waals surface area (Å²) in [5, 5.41) is 0. The third kappa shape index (κ3) is 3.53. The second-order valence-corrected chi connectivity index (χ2v) is 1.13. The van der Waals surface area contributed by atoms with Gasteiger partial charge in [0.2, 0.25) is 0 Å². The van der Waals surface area contributed by atoms with Crippen LogP contribution in [0, 0.1) is 0 Å². The van der Waals surface area contributed by atoms with Crippen LogP contribution in [-0.4, -0.2) is 11.9 Å². The quantitative estimate of drug-likeness (QED) is 0.537. The summed E-state index contributed by atoms with van der Waals surface area (Å²) in [6, 6.07) is 0. The van der Waals surface area contributed by atoms with Crippen LogP contribution in [0.15, 0.2) is 12.2 Å². The minimum Gasteiger partial charge on any atom is -0.250 e. The maximum absolute atomic E-state index is 10.8. The highest BCUT2D eigenvalue weighted by atomic mass is 19.3. The van der Waals surface area contributed by atoms with E-state index < -0.39 is 11.9 Å². The predicted molar refractivity (Wildman–Crippen MR) is 23.5 cm³/mol.